The van der Waals surface area contributed by atoms with E-state index in [9.17, 15) is 29.4 Å². The second kappa shape index (κ2) is 10.5. The van der Waals surface area contributed by atoms with Crippen LogP contribution in [0.4, 0.5) is 0 Å². The highest BCUT2D eigenvalue weighted by Crippen LogP contribution is 2.82. The van der Waals surface area contributed by atoms with Crippen LogP contribution < -0.4 is 18.9 Å². The number of carbonyl (C=O) groups excluding carboxylic acids is 4. The first kappa shape index (κ1) is 34.1. The van der Waals surface area contributed by atoms with Crippen molar-refractivity contribution in [3.05, 3.63) is 81.9 Å². The lowest BCUT2D eigenvalue weighted by molar-refractivity contribution is -0.186. The van der Waals surface area contributed by atoms with Crippen LogP contribution in [-0.2, 0) is 26.0 Å². The number of rotatable bonds is 8. The SMILES string of the molecule is CC1N(CC2CC2)C2C[C@]34c5c2ccc(OC(=O)c2ccc(C(=O)Oc6ccc7c8c6O[C@H]6C(=O)CC[C@@]9(O)C%10N(CC%11CC%11)C7%10C[C@]869)cc2)c5O[C@H]3C(=O)CC[C@@]14O. The summed E-state index contributed by atoms with van der Waals surface area (Å²) in [6.45, 7) is 3.95. The third-order valence-electron chi connectivity index (χ3n) is 17.4. The number of Topliss-reactive ketones (excluding diaryl/α,β-unsaturated/α-hetero) is 2. The minimum absolute atomic E-state index is 0.0234. The fraction of sp³-hybridized carbons (Fsp3) is 0.532. The first-order chi connectivity index (χ1) is 28.4. The van der Waals surface area contributed by atoms with Crippen LogP contribution in [0, 0.1) is 11.8 Å². The van der Waals surface area contributed by atoms with Gasteiger partial charge in [0.15, 0.2) is 46.8 Å². The summed E-state index contributed by atoms with van der Waals surface area (Å²) in [6.07, 6.45) is 5.65. The van der Waals surface area contributed by atoms with Crippen LogP contribution in [0.25, 0.3) is 0 Å². The Balaban J connectivity index is 0.740. The molecule has 302 valence electrons. The van der Waals surface area contributed by atoms with Gasteiger partial charge >= 0.3 is 11.9 Å². The molecule has 14 rings (SSSR count). The quantitative estimate of drug-likeness (QED) is 0.187. The van der Waals surface area contributed by atoms with Gasteiger partial charge in [0.25, 0.3) is 0 Å². The van der Waals surface area contributed by atoms with E-state index in [0.29, 0.717) is 49.0 Å². The molecule has 11 aliphatic rings. The molecule has 11 atom stereocenters. The molecule has 3 spiro atoms. The average Bonchev–Trinajstić information content (AvgIpc) is 4.18. The average molecular weight is 797 g/mol. The van der Waals surface area contributed by atoms with Gasteiger partial charge in [-0.1, -0.05) is 12.1 Å². The largest absolute Gasteiger partial charge is 0.477 e. The molecule has 0 amide bonds. The lowest BCUT2D eigenvalue weighted by Gasteiger charge is -2.58. The Kier molecular flexibility index (Phi) is 6.05. The van der Waals surface area contributed by atoms with Crippen molar-refractivity contribution in [1.29, 1.82) is 0 Å². The molecule has 0 aromatic heterocycles. The molecular weight excluding hydrogens is 753 g/mol. The molecule has 12 nitrogen and oxygen atoms in total. The third-order valence-corrected chi connectivity index (χ3v) is 17.4. The summed E-state index contributed by atoms with van der Waals surface area (Å²) >= 11 is 0. The van der Waals surface area contributed by atoms with Gasteiger partial charge in [0.1, 0.15) is 0 Å². The molecule has 4 aliphatic heterocycles. The minimum atomic E-state index is -1.17. The van der Waals surface area contributed by atoms with Crippen LogP contribution in [0.5, 0.6) is 23.0 Å². The Labute approximate surface area is 339 Å². The summed E-state index contributed by atoms with van der Waals surface area (Å²) < 4.78 is 24.8. The van der Waals surface area contributed by atoms with Crippen LogP contribution in [0.2, 0.25) is 0 Å². The molecular formula is C47H44N2O10. The lowest BCUT2D eigenvalue weighted by atomic mass is 9.55. The Bertz CT molecular complexity index is 2550. The van der Waals surface area contributed by atoms with Crippen molar-refractivity contribution < 1.29 is 48.3 Å². The van der Waals surface area contributed by atoms with E-state index in [4.69, 9.17) is 18.9 Å². The number of hydrogen-bond acceptors (Lipinski definition) is 12. The number of hydrogen-bond donors (Lipinski definition) is 2. The van der Waals surface area contributed by atoms with E-state index in [0.717, 1.165) is 35.3 Å². The number of piperidine rings is 2. The highest BCUT2D eigenvalue weighted by Gasteiger charge is 2.92. The summed E-state index contributed by atoms with van der Waals surface area (Å²) in [4.78, 5) is 59.2. The predicted octanol–water partition coefficient (Wildman–Crippen LogP) is 4.58. The number of fused-ring (bicyclic) bond motifs is 3. The molecule has 7 aliphatic carbocycles. The molecule has 3 aromatic rings. The van der Waals surface area contributed by atoms with Crippen molar-refractivity contribution in [1.82, 2.24) is 9.80 Å². The van der Waals surface area contributed by atoms with Crippen LogP contribution in [0.1, 0.15) is 120 Å². The maximum atomic E-state index is 13.7. The monoisotopic (exact) mass is 796 g/mol. The number of ketones is 2. The molecule has 2 N–H and O–H groups in total. The molecule has 59 heavy (non-hydrogen) atoms. The predicted molar refractivity (Wildman–Crippen MR) is 206 cm³/mol. The summed E-state index contributed by atoms with van der Waals surface area (Å²) in [6, 6.07) is 13.3. The summed E-state index contributed by atoms with van der Waals surface area (Å²) in [5.74, 6) is 1.05. The number of esters is 2. The fourth-order valence-corrected chi connectivity index (χ4v) is 14.5. The highest BCUT2D eigenvalue weighted by molar-refractivity contribution is 5.97. The van der Waals surface area contributed by atoms with Crippen molar-refractivity contribution in [2.24, 2.45) is 11.8 Å². The number of ether oxygens (including phenoxy) is 4. The molecule has 3 aromatic carbocycles. The Morgan fingerprint density at radius 2 is 1.32 bits per heavy atom. The minimum Gasteiger partial charge on any atom is -0.477 e. The van der Waals surface area contributed by atoms with E-state index in [2.05, 4.69) is 16.7 Å². The third kappa shape index (κ3) is 3.73. The second-order valence-electron chi connectivity index (χ2n) is 19.9. The second-order valence-corrected chi connectivity index (χ2v) is 19.9. The zero-order valence-electron chi connectivity index (χ0n) is 32.7. The summed E-state index contributed by atoms with van der Waals surface area (Å²) in [7, 11) is 0. The number of nitrogens with zero attached hydrogens (tertiary/aromatic N) is 2. The van der Waals surface area contributed by atoms with Gasteiger partial charge in [0, 0.05) is 49.1 Å². The van der Waals surface area contributed by atoms with Crippen LogP contribution in [0.15, 0.2) is 48.5 Å². The maximum absolute atomic E-state index is 13.7. The molecule has 4 bridgehead atoms. The fourth-order valence-electron chi connectivity index (χ4n) is 14.5. The van der Waals surface area contributed by atoms with Gasteiger partial charge in [-0.3, -0.25) is 19.4 Å². The maximum Gasteiger partial charge on any atom is 0.343 e. The molecule has 5 saturated carbocycles. The zero-order chi connectivity index (χ0) is 39.7. The van der Waals surface area contributed by atoms with Crippen molar-refractivity contribution in [3.63, 3.8) is 0 Å². The van der Waals surface area contributed by atoms with E-state index in [1.165, 1.54) is 49.9 Å². The molecule has 4 heterocycles. The first-order valence-corrected chi connectivity index (χ1v) is 21.7. The first-order valence-electron chi connectivity index (χ1n) is 21.7. The topological polar surface area (TPSA) is 152 Å². The van der Waals surface area contributed by atoms with Gasteiger partial charge in [-0.2, -0.15) is 0 Å². The van der Waals surface area contributed by atoms with E-state index in [1.807, 2.05) is 12.1 Å². The van der Waals surface area contributed by atoms with Gasteiger partial charge in [-0.05, 0) is 118 Å². The van der Waals surface area contributed by atoms with Gasteiger partial charge in [0.05, 0.1) is 44.7 Å². The number of benzene rings is 3. The molecule has 0 radical (unpaired) electrons. The molecule has 7 fully saturated rings. The standard InChI is InChI=1S/C47H44N2O10/c1-22-46(54)16-14-30(50)38-43(46)18-29(48(22)19-23-2-3-23)27-10-12-32(36(58-38)34(27)43)56-40(52)25-6-8-26(9-7-25)41(53)57-33-13-11-28-35-37(33)59-39-31(51)15-17-47(55)42-45(28,21-44(35,39)47)49(42)20-24-4-5-24/h6-13,22-24,29,38-39,42,54-55H,2-5,14-21H2,1H3/t22?,29?,38-,39-,42?,43-,44-,45?,46+,47+,49?/m0/s1. The van der Waals surface area contributed by atoms with Crippen molar-refractivity contribution >= 4 is 23.5 Å². The number of likely N-dealkylation sites (tertiary alicyclic amines) is 2. The van der Waals surface area contributed by atoms with Crippen LogP contribution in [-0.4, -0.2) is 92.1 Å². The lowest BCUT2D eigenvalue weighted by Crippen LogP contribution is -2.72. The molecule has 12 heteroatoms. The van der Waals surface area contributed by atoms with E-state index in [1.54, 1.807) is 12.1 Å². The van der Waals surface area contributed by atoms with Gasteiger partial charge in [-0.25, -0.2) is 9.59 Å². The number of carbonyl (C=O) groups is 4. The normalized spacial score (nSPS) is 41.5. The molecule has 2 saturated heterocycles. The van der Waals surface area contributed by atoms with Crippen LogP contribution >= 0.6 is 0 Å². The molecule has 5 unspecified atom stereocenters. The zero-order valence-corrected chi connectivity index (χ0v) is 32.7. The Morgan fingerprint density at radius 3 is 1.97 bits per heavy atom. The van der Waals surface area contributed by atoms with Crippen molar-refractivity contribution in [3.8, 4) is 23.0 Å². The van der Waals surface area contributed by atoms with Gasteiger partial charge in [0.2, 0.25) is 0 Å². The van der Waals surface area contributed by atoms with E-state index >= 15 is 0 Å². The summed E-state index contributed by atoms with van der Waals surface area (Å²) in [5, 5.41) is 25.0. The Hall–Kier alpha value is -4.62. The summed E-state index contributed by atoms with van der Waals surface area (Å²) in [5.41, 5.74) is -0.126. The van der Waals surface area contributed by atoms with Crippen molar-refractivity contribution in [2.45, 2.75) is 129 Å². The smallest absolute Gasteiger partial charge is 0.343 e. The highest BCUT2D eigenvalue weighted by atomic mass is 16.6. The Morgan fingerprint density at radius 1 is 0.746 bits per heavy atom. The van der Waals surface area contributed by atoms with E-state index in [-0.39, 0.29) is 70.7 Å². The number of aliphatic hydroxyl groups is 2. The van der Waals surface area contributed by atoms with Gasteiger partial charge < -0.3 is 29.2 Å². The van der Waals surface area contributed by atoms with Gasteiger partial charge in [-0.15, -0.1) is 0 Å². The van der Waals surface area contributed by atoms with Crippen LogP contribution in [0.3, 0.4) is 0 Å². The van der Waals surface area contributed by atoms with Crippen molar-refractivity contribution in [2.75, 3.05) is 13.1 Å². The van der Waals surface area contributed by atoms with E-state index < -0.39 is 46.2 Å².